The SMILES string of the molecule is CN1CCC(C2(O)c3ccccc3CSc3ccccc32)CC1. The first-order valence-electron chi connectivity index (χ1n) is 8.41. The van der Waals surface area contributed by atoms with Crippen LogP contribution in [0.5, 0.6) is 0 Å². The van der Waals surface area contributed by atoms with Gasteiger partial charge in [0.25, 0.3) is 0 Å². The van der Waals surface area contributed by atoms with Crippen LogP contribution in [0.25, 0.3) is 0 Å². The van der Waals surface area contributed by atoms with Crippen LogP contribution in [0.1, 0.15) is 29.5 Å². The first-order valence-corrected chi connectivity index (χ1v) is 9.40. The second kappa shape index (κ2) is 5.97. The molecule has 2 aromatic rings. The third-order valence-electron chi connectivity index (χ3n) is 5.42. The average molecular weight is 325 g/mol. The van der Waals surface area contributed by atoms with Gasteiger partial charge in [0.05, 0.1) is 0 Å². The van der Waals surface area contributed by atoms with Gasteiger partial charge in [0.2, 0.25) is 0 Å². The zero-order valence-corrected chi connectivity index (χ0v) is 14.4. The molecule has 0 aliphatic carbocycles. The highest BCUT2D eigenvalue weighted by molar-refractivity contribution is 7.98. The minimum Gasteiger partial charge on any atom is -0.380 e. The van der Waals surface area contributed by atoms with E-state index in [1.165, 1.54) is 10.5 Å². The molecular formula is C20H23NOS. The van der Waals surface area contributed by atoms with Crippen molar-refractivity contribution in [3.05, 3.63) is 65.2 Å². The van der Waals surface area contributed by atoms with Gasteiger partial charge >= 0.3 is 0 Å². The monoisotopic (exact) mass is 325 g/mol. The molecule has 2 nitrogen and oxygen atoms in total. The molecule has 3 heteroatoms. The van der Waals surface area contributed by atoms with Crippen molar-refractivity contribution in [3.8, 4) is 0 Å². The molecule has 2 heterocycles. The molecule has 0 saturated carbocycles. The van der Waals surface area contributed by atoms with Crippen LogP contribution in [0, 0.1) is 5.92 Å². The summed E-state index contributed by atoms with van der Waals surface area (Å²) in [5, 5.41) is 12.0. The predicted molar refractivity (Wildman–Crippen MR) is 95.7 cm³/mol. The molecule has 0 radical (unpaired) electrons. The summed E-state index contributed by atoms with van der Waals surface area (Å²) in [5.74, 6) is 1.21. The first kappa shape index (κ1) is 15.3. The van der Waals surface area contributed by atoms with Crippen LogP contribution in [-0.2, 0) is 11.4 Å². The van der Waals surface area contributed by atoms with Crippen LogP contribution >= 0.6 is 11.8 Å². The van der Waals surface area contributed by atoms with Crippen LogP contribution < -0.4 is 0 Å². The molecule has 0 amide bonds. The summed E-state index contributed by atoms with van der Waals surface area (Å²) in [5.41, 5.74) is 2.63. The summed E-state index contributed by atoms with van der Waals surface area (Å²) in [4.78, 5) is 3.59. The molecule has 2 aliphatic rings. The van der Waals surface area contributed by atoms with Crippen LogP contribution in [0.3, 0.4) is 0 Å². The number of piperidine rings is 1. The molecule has 23 heavy (non-hydrogen) atoms. The number of hydrogen-bond acceptors (Lipinski definition) is 3. The van der Waals surface area contributed by atoms with Crippen molar-refractivity contribution in [2.45, 2.75) is 29.1 Å². The molecule has 1 saturated heterocycles. The van der Waals surface area contributed by atoms with Gasteiger partial charge in [0, 0.05) is 16.2 Å². The van der Waals surface area contributed by atoms with Crippen LogP contribution in [0.2, 0.25) is 0 Å². The molecule has 0 spiro atoms. The van der Waals surface area contributed by atoms with Gasteiger partial charge in [-0.05, 0) is 56.1 Å². The van der Waals surface area contributed by atoms with E-state index in [4.69, 9.17) is 0 Å². The van der Waals surface area contributed by atoms with Gasteiger partial charge in [-0.25, -0.2) is 0 Å². The fourth-order valence-corrected chi connectivity index (χ4v) is 5.21. The highest BCUT2D eigenvalue weighted by Crippen LogP contribution is 2.49. The van der Waals surface area contributed by atoms with Gasteiger partial charge in [-0.15, -0.1) is 11.8 Å². The van der Waals surface area contributed by atoms with Crippen LogP contribution in [0.4, 0.5) is 0 Å². The van der Waals surface area contributed by atoms with Crippen molar-refractivity contribution in [1.82, 2.24) is 4.90 Å². The Morgan fingerprint density at radius 1 is 1.00 bits per heavy atom. The maximum Gasteiger partial charge on any atom is 0.119 e. The molecule has 1 N–H and O–H groups in total. The van der Waals surface area contributed by atoms with E-state index in [0.29, 0.717) is 0 Å². The number of hydrogen-bond donors (Lipinski definition) is 1. The Morgan fingerprint density at radius 3 is 2.43 bits per heavy atom. The first-order chi connectivity index (χ1) is 11.2. The summed E-state index contributed by atoms with van der Waals surface area (Å²) < 4.78 is 0. The maximum absolute atomic E-state index is 12.0. The number of benzene rings is 2. The van der Waals surface area contributed by atoms with Crippen LogP contribution in [0.15, 0.2) is 53.4 Å². The number of aliphatic hydroxyl groups is 1. The number of rotatable bonds is 1. The van der Waals surface area contributed by atoms with E-state index >= 15 is 0 Å². The smallest absolute Gasteiger partial charge is 0.119 e. The van der Waals surface area contributed by atoms with Gasteiger partial charge in [-0.1, -0.05) is 42.5 Å². The fraction of sp³-hybridized carbons (Fsp3) is 0.400. The quantitative estimate of drug-likeness (QED) is 0.861. The Labute approximate surface area is 142 Å². The van der Waals surface area contributed by atoms with Crippen molar-refractivity contribution < 1.29 is 5.11 Å². The molecule has 4 rings (SSSR count). The van der Waals surface area contributed by atoms with Crippen LogP contribution in [-0.4, -0.2) is 30.1 Å². The lowest BCUT2D eigenvalue weighted by Gasteiger charge is -2.42. The zero-order chi connectivity index (χ0) is 15.9. The lowest BCUT2D eigenvalue weighted by molar-refractivity contribution is -0.0131. The van der Waals surface area contributed by atoms with Crippen molar-refractivity contribution >= 4 is 11.8 Å². The van der Waals surface area contributed by atoms with E-state index in [1.807, 2.05) is 11.8 Å². The van der Waals surface area contributed by atoms with E-state index in [2.05, 4.69) is 60.5 Å². The molecule has 2 aromatic carbocycles. The lowest BCUT2D eigenvalue weighted by Crippen LogP contribution is -2.43. The Hall–Kier alpha value is -1.29. The van der Waals surface area contributed by atoms with Gasteiger partial charge in [-0.3, -0.25) is 0 Å². The standard InChI is InChI=1S/C20H23NOS/c1-21-12-10-16(11-13-21)20(22)17-7-3-2-6-15(17)14-23-19-9-5-4-8-18(19)20/h2-9,16,22H,10-14H2,1H3. The van der Waals surface area contributed by atoms with Crippen molar-refractivity contribution in [3.63, 3.8) is 0 Å². The fourth-order valence-electron chi connectivity index (χ4n) is 4.09. The van der Waals surface area contributed by atoms with Gasteiger partial charge in [0.1, 0.15) is 5.60 Å². The number of thioether (sulfide) groups is 1. The summed E-state index contributed by atoms with van der Waals surface area (Å²) in [7, 11) is 2.17. The second-order valence-corrected chi connectivity index (χ2v) is 7.80. The highest BCUT2D eigenvalue weighted by Gasteiger charge is 2.44. The van der Waals surface area contributed by atoms with Gasteiger partial charge in [0.15, 0.2) is 0 Å². The number of nitrogens with zero attached hydrogens (tertiary/aromatic N) is 1. The van der Waals surface area contributed by atoms with Crippen molar-refractivity contribution in [1.29, 1.82) is 0 Å². The summed E-state index contributed by atoms with van der Waals surface area (Å²) >= 11 is 1.85. The summed E-state index contributed by atoms with van der Waals surface area (Å²) in [6.45, 7) is 2.12. The second-order valence-electron chi connectivity index (χ2n) is 6.79. The number of fused-ring (bicyclic) bond motifs is 2. The Kier molecular flexibility index (Phi) is 3.96. The molecule has 2 aliphatic heterocycles. The molecule has 1 unspecified atom stereocenters. The third-order valence-corrected chi connectivity index (χ3v) is 6.54. The van der Waals surface area contributed by atoms with Crippen molar-refractivity contribution in [2.24, 2.45) is 5.92 Å². The van der Waals surface area contributed by atoms with E-state index < -0.39 is 5.60 Å². The zero-order valence-electron chi connectivity index (χ0n) is 13.5. The highest BCUT2D eigenvalue weighted by atomic mass is 32.2. The maximum atomic E-state index is 12.0. The minimum atomic E-state index is -0.863. The van der Waals surface area contributed by atoms with Gasteiger partial charge in [-0.2, -0.15) is 0 Å². The van der Waals surface area contributed by atoms with E-state index in [9.17, 15) is 5.11 Å². The lowest BCUT2D eigenvalue weighted by atomic mass is 9.71. The third kappa shape index (κ3) is 2.51. The molecule has 0 aromatic heterocycles. The summed E-state index contributed by atoms with van der Waals surface area (Å²) in [6, 6.07) is 16.9. The topological polar surface area (TPSA) is 23.5 Å². The number of likely N-dealkylation sites (tertiary alicyclic amines) is 1. The van der Waals surface area contributed by atoms with Gasteiger partial charge < -0.3 is 10.0 Å². The normalized spacial score (nSPS) is 25.5. The predicted octanol–water partition coefficient (Wildman–Crippen LogP) is 3.87. The molecule has 0 bridgehead atoms. The molecular weight excluding hydrogens is 302 g/mol. The summed E-state index contributed by atoms with van der Waals surface area (Å²) in [6.07, 6.45) is 2.08. The molecule has 1 atom stereocenters. The largest absolute Gasteiger partial charge is 0.380 e. The Balaban J connectivity index is 1.89. The van der Waals surface area contributed by atoms with E-state index in [1.54, 1.807) is 0 Å². The van der Waals surface area contributed by atoms with E-state index in [-0.39, 0.29) is 5.92 Å². The van der Waals surface area contributed by atoms with E-state index in [0.717, 1.165) is 42.8 Å². The van der Waals surface area contributed by atoms with Crippen molar-refractivity contribution in [2.75, 3.05) is 20.1 Å². The Bertz CT molecular complexity index is 659. The minimum absolute atomic E-state index is 0.277. The molecule has 1 fully saturated rings. The Morgan fingerprint density at radius 2 is 1.65 bits per heavy atom. The molecule has 120 valence electrons. The average Bonchev–Trinajstić information content (AvgIpc) is 2.72.